The Kier molecular flexibility index (Phi) is 5.30. The number of hydrogen-bond donors (Lipinski definition) is 2. The van der Waals surface area contributed by atoms with Gasteiger partial charge in [0.15, 0.2) is 6.10 Å². The van der Waals surface area contributed by atoms with E-state index in [9.17, 15) is 9.59 Å². The van der Waals surface area contributed by atoms with E-state index in [1.54, 1.807) is 30.3 Å². The zero-order valence-corrected chi connectivity index (χ0v) is 11.1. The van der Waals surface area contributed by atoms with E-state index in [1.807, 2.05) is 0 Å². The van der Waals surface area contributed by atoms with Gasteiger partial charge in [0.25, 0.3) is 5.91 Å². The number of rotatable bonds is 5. The first-order chi connectivity index (χ1) is 9.47. The third-order valence-electron chi connectivity index (χ3n) is 2.44. The minimum atomic E-state index is -1.06. The van der Waals surface area contributed by atoms with Gasteiger partial charge in [-0.2, -0.15) is 5.26 Å². The van der Waals surface area contributed by atoms with E-state index in [0.29, 0.717) is 11.3 Å². The summed E-state index contributed by atoms with van der Waals surface area (Å²) in [6.45, 7) is 1.43. The van der Waals surface area contributed by atoms with Crippen LogP contribution in [0.5, 0.6) is 5.75 Å². The van der Waals surface area contributed by atoms with Crippen LogP contribution in [0.3, 0.4) is 0 Å². The molecule has 0 bridgehead atoms. The Bertz CT molecular complexity index is 570. The van der Waals surface area contributed by atoms with Crippen LogP contribution in [0.25, 0.3) is 6.08 Å². The lowest BCUT2D eigenvalue weighted by atomic mass is 10.1. The number of nitrogens with zero attached hydrogens (tertiary/aromatic N) is 1. The highest BCUT2D eigenvalue weighted by Gasteiger charge is 2.12. The van der Waals surface area contributed by atoms with Gasteiger partial charge in [-0.25, -0.2) is 4.79 Å². The zero-order valence-electron chi connectivity index (χ0n) is 11.1. The van der Waals surface area contributed by atoms with Gasteiger partial charge in [0.1, 0.15) is 17.4 Å². The Labute approximate surface area is 116 Å². The van der Waals surface area contributed by atoms with E-state index in [-0.39, 0.29) is 5.57 Å². The molecule has 0 aliphatic carbocycles. The first kappa shape index (κ1) is 15.2. The Hall–Kier alpha value is -2.81. The van der Waals surface area contributed by atoms with Crippen molar-refractivity contribution in [2.75, 3.05) is 7.05 Å². The molecule has 2 N–H and O–H groups in total. The fourth-order valence-corrected chi connectivity index (χ4v) is 1.35. The van der Waals surface area contributed by atoms with Crippen molar-refractivity contribution in [3.05, 3.63) is 35.4 Å². The normalized spacial score (nSPS) is 12.2. The Morgan fingerprint density at radius 3 is 2.45 bits per heavy atom. The van der Waals surface area contributed by atoms with Crippen molar-refractivity contribution in [1.82, 2.24) is 5.32 Å². The predicted octanol–water partition coefficient (Wildman–Crippen LogP) is 1.19. The molecule has 0 saturated carbocycles. The fourth-order valence-electron chi connectivity index (χ4n) is 1.35. The number of carbonyl (C=O) groups excluding carboxylic acids is 1. The SMILES string of the molecule is CNC(=O)/C(C#N)=C\c1ccc(O[C@@H](C)C(=O)O)cc1. The Morgan fingerprint density at radius 2 is 2.00 bits per heavy atom. The second-order valence-electron chi connectivity index (χ2n) is 3.92. The number of carboxylic acid groups (broad SMARTS) is 1. The van der Waals surface area contributed by atoms with E-state index in [2.05, 4.69) is 5.32 Å². The van der Waals surface area contributed by atoms with Gasteiger partial charge < -0.3 is 15.2 Å². The van der Waals surface area contributed by atoms with E-state index >= 15 is 0 Å². The maximum absolute atomic E-state index is 11.3. The van der Waals surface area contributed by atoms with Crippen molar-refractivity contribution in [2.24, 2.45) is 0 Å². The molecule has 0 saturated heterocycles. The van der Waals surface area contributed by atoms with Crippen LogP contribution in [-0.4, -0.2) is 30.1 Å². The second-order valence-corrected chi connectivity index (χ2v) is 3.92. The highest BCUT2D eigenvalue weighted by molar-refractivity contribution is 6.01. The van der Waals surface area contributed by atoms with Crippen molar-refractivity contribution in [2.45, 2.75) is 13.0 Å². The minimum absolute atomic E-state index is 0.0138. The maximum atomic E-state index is 11.3. The lowest BCUT2D eigenvalue weighted by Crippen LogP contribution is -2.22. The number of nitrogens with one attached hydrogen (secondary N) is 1. The molecule has 1 amide bonds. The summed E-state index contributed by atoms with van der Waals surface area (Å²) in [7, 11) is 1.44. The van der Waals surface area contributed by atoms with Crippen LogP contribution in [0.4, 0.5) is 0 Å². The van der Waals surface area contributed by atoms with Crippen molar-refractivity contribution >= 4 is 18.0 Å². The maximum Gasteiger partial charge on any atom is 0.344 e. The molecule has 0 aliphatic heterocycles. The van der Waals surface area contributed by atoms with Crippen LogP contribution in [0.2, 0.25) is 0 Å². The molecule has 0 unspecified atom stereocenters. The van der Waals surface area contributed by atoms with E-state index < -0.39 is 18.0 Å². The summed E-state index contributed by atoms with van der Waals surface area (Å²) in [6, 6.07) is 8.21. The molecule has 1 aromatic carbocycles. The summed E-state index contributed by atoms with van der Waals surface area (Å²) in [5, 5.41) is 19.9. The number of aliphatic carboxylic acids is 1. The molecule has 104 valence electrons. The number of amides is 1. The molecule has 0 aromatic heterocycles. The molecule has 1 aromatic rings. The lowest BCUT2D eigenvalue weighted by Gasteiger charge is -2.10. The standard InChI is InChI=1S/C14H14N2O4/c1-9(14(18)19)20-12-5-3-10(4-6-12)7-11(8-15)13(17)16-2/h3-7,9H,1-2H3,(H,16,17)(H,18,19)/b11-7-/t9-/m0/s1. The van der Waals surface area contributed by atoms with Crippen LogP contribution in [0.15, 0.2) is 29.8 Å². The molecule has 0 radical (unpaired) electrons. The summed E-state index contributed by atoms with van der Waals surface area (Å²) < 4.78 is 5.17. The number of hydrogen-bond acceptors (Lipinski definition) is 4. The molecule has 0 heterocycles. The minimum Gasteiger partial charge on any atom is -0.479 e. The zero-order chi connectivity index (χ0) is 15.1. The van der Waals surface area contributed by atoms with Crippen molar-refractivity contribution in [3.63, 3.8) is 0 Å². The van der Waals surface area contributed by atoms with E-state index in [4.69, 9.17) is 15.1 Å². The molecule has 0 aliphatic rings. The second kappa shape index (κ2) is 6.95. The van der Waals surface area contributed by atoms with Gasteiger partial charge in [0.2, 0.25) is 0 Å². The highest BCUT2D eigenvalue weighted by Crippen LogP contribution is 2.16. The van der Waals surface area contributed by atoms with Gasteiger partial charge in [0, 0.05) is 7.05 Å². The number of ether oxygens (including phenoxy) is 1. The van der Waals surface area contributed by atoms with E-state index in [1.165, 1.54) is 20.0 Å². The fraction of sp³-hybridized carbons (Fsp3) is 0.214. The van der Waals surface area contributed by atoms with Crippen LogP contribution in [-0.2, 0) is 9.59 Å². The van der Waals surface area contributed by atoms with Crippen LogP contribution >= 0.6 is 0 Å². The molecule has 0 spiro atoms. The van der Waals surface area contributed by atoms with Gasteiger partial charge in [-0.3, -0.25) is 4.79 Å². The van der Waals surface area contributed by atoms with Crippen LogP contribution in [0, 0.1) is 11.3 Å². The number of likely N-dealkylation sites (N-methyl/N-ethyl adjacent to an activating group) is 1. The van der Waals surface area contributed by atoms with Gasteiger partial charge in [-0.15, -0.1) is 0 Å². The lowest BCUT2D eigenvalue weighted by molar-refractivity contribution is -0.144. The Balaban J connectivity index is 2.86. The number of nitriles is 1. The smallest absolute Gasteiger partial charge is 0.344 e. The molecule has 20 heavy (non-hydrogen) atoms. The number of benzene rings is 1. The average molecular weight is 274 g/mol. The number of carbonyl (C=O) groups is 2. The topological polar surface area (TPSA) is 99.4 Å². The molecule has 1 rings (SSSR count). The Morgan fingerprint density at radius 1 is 1.40 bits per heavy atom. The average Bonchev–Trinajstić information content (AvgIpc) is 2.45. The molecule has 6 heteroatoms. The third kappa shape index (κ3) is 4.14. The van der Waals surface area contributed by atoms with Crippen LogP contribution in [0.1, 0.15) is 12.5 Å². The first-order valence-electron chi connectivity index (χ1n) is 5.81. The molecular formula is C14H14N2O4. The van der Waals surface area contributed by atoms with Crippen molar-refractivity contribution in [3.8, 4) is 11.8 Å². The van der Waals surface area contributed by atoms with Gasteiger partial charge in [0.05, 0.1) is 0 Å². The summed E-state index contributed by atoms with van der Waals surface area (Å²) in [6.07, 6.45) is 0.486. The van der Waals surface area contributed by atoms with E-state index in [0.717, 1.165) is 0 Å². The summed E-state index contributed by atoms with van der Waals surface area (Å²) >= 11 is 0. The van der Waals surface area contributed by atoms with Gasteiger partial charge >= 0.3 is 5.97 Å². The number of carboxylic acids is 1. The summed E-state index contributed by atoms with van der Waals surface area (Å²) in [5.41, 5.74) is 0.626. The monoisotopic (exact) mass is 274 g/mol. The quantitative estimate of drug-likeness (QED) is 0.620. The molecule has 6 nitrogen and oxygen atoms in total. The predicted molar refractivity (Wildman–Crippen MR) is 71.8 cm³/mol. The van der Waals surface area contributed by atoms with Crippen LogP contribution < -0.4 is 10.1 Å². The molecule has 1 atom stereocenters. The first-order valence-corrected chi connectivity index (χ1v) is 5.81. The summed E-state index contributed by atoms with van der Waals surface area (Å²) in [5.74, 6) is -1.12. The van der Waals surface area contributed by atoms with Gasteiger partial charge in [-0.1, -0.05) is 12.1 Å². The highest BCUT2D eigenvalue weighted by atomic mass is 16.5. The molecular weight excluding hydrogens is 260 g/mol. The molecule has 0 fully saturated rings. The van der Waals surface area contributed by atoms with Crippen molar-refractivity contribution in [1.29, 1.82) is 5.26 Å². The largest absolute Gasteiger partial charge is 0.479 e. The van der Waals surface area contributed by atoms with Crippen molar-refractivity contribution < 1.29 is 19.4 Å². The summed E-state index contributed by atoms with van der Waals surface area (Å²) in [4.78, 5) is 22.0. The third-order valence-corrected chi connectivity index (χ3v) is 2.44. The van der Waals surface area contributed by atoms with Gasteiger partial charge in [-0.05, 0) is 30.7 Å².